The fourth-order valence-corrected chi connectivity index (χ4v) is 0.853. The second-order valence-electron chi connectivity index (χ2n) is 3.40. The molecule has 0 aromatic heterocycles. The van der Waals surface area contributed by atoms with Crippen LogP contribution < -0.4 is 0 Å². The number of esters is 1. The third-order valence-electron chi connectivity index (χ3n) is 2.09. The zero-order valence-electron chi connectivity index (χ0n) is 8.75. The van der Waals surface area contributed by atoms with Crippen LogP contribution in [0.5, 0.6) is 0 Å². The minimum absolute atomic E-state index is 0.300. The van der Waals surface area contributed by atoms with Gasteiger partial charge in [0.15, 0.2) is 0 Å². The number of unbranched alkanes of at least 4 members (excludes halogenated alkanes) is 2. The Morgan fingerprint density at radius 1 is 1.38 bits per heavy atom. The number of hydrogen-bond donors (Lipinski definition) is 1. The van der Waals surface area contributed by atoms with E-state index in [1.807, 2.05) is 0 Å². The molecule has 2 atom stereocenters. The number of hydrogen-bond acceptors (Lipinski definition) is 3. The van der Waals surface area contributed by atoms with Crippen LogP contribution in [0.3, 0.4) is 0 Å². The van der Waals surface area contributed by atoms with Gasteiger partial charge in [0.2, 0.25) is 0 Å². The number of carbonyl (C=O) groups is 1. The van der Waals surface area contributed by atoms with Crippen molar-refractivity contribution in [3.63, 3.8) is 0 Å². The van der Waals surface area contributed by atoms with Gasteiger partial charge in [0.25, 0.3) is 0 Å². The average molecular weight is 188 g/mol. The van der Waals surface area contributed by atoms with Gasteiger partial charge in [-0.25, -0.2) is 0 Å². The summed E-state index contributed by atoms with van der Waals surface area (Å²) in [4.78, 5) is 11.2. The Balaban J connectivity index is 3.50. The van der Waals surface area contributed by atoms with Gasteiger partial charge in [0.1, 0.15) is 0 Å². The van der Waals surface area contributed by atoms with Gasteiger partial charge in [0.05, 0.1) is 18.6 Å². The molecule has 0 saturated heterocycles. The van der Waals surface area contributed by atoms with Crippen LogP contribution in [-0.2, 0) is 9.53 Å². The number of ether oxygens (including phenoxy) is 1. The highest BCUT2D eigenvalue weighted by Crippen LogP contribution is 2.05. The maximum absolute atomic E-state index is 11.2. The predicted octanol–water partition coefficient (Wildman–Crippen LogP) is 1.74. The number of aliphatic hydroxyl groups excluding tert-OH is 1. The van der Waals surface area contributed by atoms with Crippen LogP contribution in [0.2, 0.25) is 0 Å². The van der Waals surface area contributed by atoms with E-state index in [0.29, 0.717) is 6.61 Å². The van der Waals surface area contributed by atoms with Crippen LogP contribution in [0.4, 0.5) is 0 Å². The molecule has 0 rings (SSSR count). The minimum atomic E-state index is -0.626. The first-order valence-corrected chi connectivity index (χ1v) is 4.94. The third kappa shape index (κ3) is 5.64. The van der Waals surface area contributed by atoms with E-state index in [-0.39, 0.29) is 5.97 Å². The monoisotopic (exact) mass is 188 g/mol. The molecule has 0 radical (unpaired) electrons. The van der Waals surface area contributed by atoms with E-state index < -0.39 is 12.0 Å². The third-order valence-corrected chi connectivity index (χ3v) is 2.09. The van der Waals surface area contributed by atoms with Gasteiger partial charge >= 0.3 is 5.97 Å². The molecule has 0 aliphatic heterocycles. The van der Waals surface area contributed by atoms with Crippen LogP contribution in [0.25, 0.3) is 0 Å². The Morgan fingerprint density at radius 3 is 2.46 bits per heavy atom. The Kier molecular flexibility index (Phi) is 6.59. The average Bonchev–Trinajstić information content (AvgIpc) is 2.10. The summed E-state index contributed by atoms with van der Waals surface area (Å²) in [6, 6.07) is 0. The summed E-state index contributed by atoms with van der Waals surface area (Å²) in [5, 5.41) is 9.09. The number of aliphatic hydroxyl groups is 1. The molecule has 0 aromatic rings. The highest BCUT2D eigenvalue weighted by molar-refractivity contribution is 5.72. The maximum atomic E-state index is 11.2. The largest absolute Gasteiger partial charge is 0.465 e. The van der Waals surface area contributed by atoms with Crippen molar-refractivity contribution in [2.75, 3.05) is 6.61 Å². The second kappa shape index (κ2) is 6.89. The zero-order valence-corrected chi connectivity index (χ0v) is 8.75. The topological polar surface area (TPSA) is 46.5 Å². The molecular formula is C10H20O3. The van der Waals surface area contributed by atoms with Crippen LogP contribution in [0.1, 0.15) is 40.0 Å². The van der Waals surface area contributed by atoms with Crippen molar-refractivity contribution in [1.29, 1.82) is 0 Å². The van der Waals surface area contributed by atoms with Crippen molar-refractivity contribution in [2.45, 2.75) is 46.1 Å². The van der Waals surface area contributed by atoms with Crippen LogP contribution in [-0.4, -0.2) is 23.8 Å². The van der Waals surface area contributed by atoms with E-state index in [2.05, 4.69) is 6.92 Å². The fraction of sp³-hybridized carbons (Fsp3) is 0.900. The van der Waals surface area contributed by atoms with Crippen molar-refractivity contribution in [3.8, 4) is 0 Å². The van der Waals surface area contributed by atoms with Gasteiger partial charge in [0, 0.05) is 0 Å². The van der Waals surface area contributed by atoms with Crippen LogP contribution >= 0.6 is 0 Å². The molecule has 3 nitrogen and oxygen atoms in total. The molecule has 3 heteroatoms. The van der Waals surface area contributed by atoms with Crippen molar-refractivity contribution >= 4 is 5.97 Å². The molecule has 0 aromatic carbocycles. The minimum Gasteiger partial charge on any atom is -0.465 e. The summed E-state index contributed by atoms with van der Waals surface area (Å²) < 4.78 is 4.97. The van der Waals surface area contributed by atoms with Crippen molar-refractivity contribution in [3.05, 3.63) is 0 Å². The van der Waals surface area contributed by atoms with Gasteiger partial charge < -0.3 is 9.84 Å². The SMILES string of the molecule is CCCCCOC(=O)[C@H](C)[C@@H](C)O. The fourth-order valence-electron chi connectivity index (χ4n) is 0.853. The Bertz CT molecular complexity index is 143. The van der Waals surface area contributed by atoms with Crippen LogP contribution in [0.15, 0.2) is 0 Å². The summed E-state index contributed by atoms with van der Waals surface area (Å²) >= 11 is 0. The molecule has 0 fully saturated rings. The summed E-state index contributed by atoms with van der Waals surface area (Å²) in [6.45, 7) is 5.84. The summed E-state index contributed by atoms with van der Waals surface area (Å²) in [5.41, 5.74) is 0. The zero-order chi connectivity index (χ0) is 10.3. The molecule has 0 spiro atoms. The summed E-state index contributed by atoms with van der Waals surface area (Å²) in [7, 11) is 0. The molecule has 78 valence electrons. The lowest BCUT2D eigenvalue weighted by atomic mass is 10.1. The summed E-state index contributed by atoms with van der Waals surface area (Å²) in [6.07, 6.45) is 2.48. The summed E-state index contributed by atoms with van der Waals surface area (Å²) in [5.74, 6) is -0.715. The molecule has 13 heavy (non-hydrogen) atoms. The Labute approximate surface area is 80.1 Å². The molecule has 0 saturated carbocycles. The van der Waals surface area contributed by atoms with E-state index in [1.165, 1.54) is 0 Å². The van der Waals surface area contributed by atoms with E-state index >= 15 is 0 Å². The standard InChI is InChI=1S/C10H20O3/c1-4-5-6-7-13-10(12)8(2)9(3)11/h8-9,11H,4-7H2,1-3H3/t8-,9-/m1/s1. The molecular weight excluding hydrogens is 168 g/mol. The number of carbonyl (C=O) groups excluding carboxylic acids is 1. The lowest BCUT2D eigenvalue weighted by Gasteiger charge is -2.13. The van der Waals surface area contributed by atoms with E-state index in [0.717, 1.165) is 19.3 Å². The van der Waals surface area contributed by atoms with Gasteiger partial charge in [-0.05, 0) is 20.3 Å². The lowest BCUT2D eigenvalue weighted by molar-refractivity contribution is -0.151. The number of rotatable bonds is 6. The molecule has 0 aliphatic rings. The van der Waals surface area contributed by atoms with E-state index in [1.54, 1.807) is 13.8 Å². The molecule has 0 unspecified atom stereocenters. The maximum Gasteiger partial charge on any atom is 0.311 e. The van der Waals surface area contributed by atoms with Gasteiger partial charge in [-0.3, -0.25) is 4.79 Å². The highest BCUT2D eigenvalue weighted by Gasteiger charge is 2.18. The van der Waals surface area contributed by atoms with Crippen molar-refractivity contribution in [1.82, 2.24) is 0 Å². The van der Waals surface area contributed by atoms with Gasteiger partial charge in [-0.1, -0.05) is 19.8 Å². The first kappa shape index (κ1) is 12.4. The van der Waals surface area contributed by atoms with Crippen molar-refractivity contribution in [2.24, 2.45) is 5.92 Å². The molecule has 1 N–H and O–H groups in total. The highest BCUT2D eigenvalue weighted by atomic mass is 16.5. The van der Waals surface area contributed by atoms with Crippen molar-refractivity contribution < 1.29 is 14.6 Å². The first-order chi connectivity index (χ1) is 6.09. The van der Waals surface area contributed by atoms with Gasteiger partial charge in [-0.2, -0.15) is 0 Å². The second-order valence-corrected chi connectivity index (χ2v) is 3.40. The molecule has 0 amide bonds. The van der Waals surface area contributed by atoms with Gasteiger partial charge in [-0.15, -0.1) is 0 Å². The smallest absolute Gasteiger partial charge is 0.311 e. The van der Waals surface area contributed by atoms with E-state index in [9.17, 15) is 4.79 Å². The predicted molar refractivity (Wildman–Crippen MR) is 51.3 cm³/mol. The Morgan fingerprint density at radius 2 is 2.00 bits per heavy atom. The quantitative estimate of drug-likeness (QED) is 0.510. The molecule has 0 aliphatic carbocycles. The van der Waals surface area contributed by atoms with E-state index in [4.69, 9.17) is 9.84 Å². The van der Waals surface area contributed by atoms with Crippen LogP contribution in [0, 0.1) is 5.92 Å². The normalized spacial score (nSPS) is 15.1. The lowest BCUT2D eigenvalue weighted by Crippen LogP contribution is -2.25. The molecule has 0 bridgehead atoms. The molecule has 0 heterocycles. The Hall–Kier alpha value is -0.570. The first-order valence-electron chi connectivity index (χ1n) is 4.94.